The molecule has 2 N–H and O–H groups in total. The second-order valence-electron chi connectivity index (χ2n) is 5.30. The highest BCUT2D eigenvalue weighted by Gasteiger charge is 2.04. The molecule has 0 aliphatic carbocycles. The van der Waals surface area contributed by atoms with Gasteiger partial charge in [0.15, 0.2) is 5.82 Å². The minimum Gasteiger partial charge on any atom is -0.366 e. The smallest absolute Gasteiger partial charge is 0.274 e. The van der Waals surface area contributed by atoms with E-state index in [1.54, 1.807) is 48.1 Å². The van der Waals surface area contributed by atoms with E-state index in [1.165, 1.54) is 0 Å². The molecule has 2 rings (SSSR count). The normalized spacial score (nSPS) is 11.4. The molecule has 0 saturated heterocycles. The average Bonchev–Trinajstić information content (AvgIpc) is 3.07. The lowest BCUT2D eigenvalue weighted by Crippen LogP contribution is -2.30. The number of halogens is 2. The molecule has 28 heavy (non-hydrogen) atoms. The van der Waals surface area contributed by atoms with Crippen LogP contribution in [0, 0.1) is 10.1 Å². The van der Waals surface area contributed by atoms with E-state index in [-0.39, 0.29) is 0 Å². The van der Waals surface area contributed by atoms with Gasteiger partial charge in [-0.15, -0.1) is 10.2 Å². The summed E-state index contributed by atoms with van der Waals surface area (Å²) < 4.78 is 0.996. The quantitative estimate of drug-likeness (QED) is 0.263. The highest BCUT2D eigenvalue weighted by molar-refractivity contribution is 7.98. The van der Waals surface area contributed by atoms with Crippen LogP contribution in [0.25, 0.3) is 0 Å². The van der Waals surface area contributed by atoms with Crippen LogP contribution >= 0.6 is 46.9 Å². The maximum atomic E-state index is 10.8. The van der Waals surface area contributed by atoms with Gasteiger partial charge < -0.3 is 10.6 Å². The number of hydrogen-bond donors (Lipinski definition) is 2. The van der Waals surface area contributed by atoms with E-state index in [4.69, 9.17) is 23.4 Å². The number of nitrogens with one attached hydrogen (secondary N) is 2. The van der Waals surface area contributed by atoms with Gasteiger partial charge in [0.1, 0.15) is 0 Å². The van der Waals surface area contributed by atoms with Crippen molar-refractivity contribution in [3.63, 3.8) is 0 Å². The fourth-order valence-corrected chi connectivity index (χ4v) is 3.94. The van der Waals surface area contributed by atoms with Crippen LogP contribution in [0.5, 0.6) is 0 Å². The summed E-state index contributed by atoms with van der Waals surface area (Å²) in [6.45, 7) is 1.15. The van der Waals surface area contributed by atoms with Crippen molar-refractivity contribution >= 4 is 46.9 Å². The Morgan fingerprint density at radius 2 is 2.00 bits per heavy atom. The molecular weight excluding hydrogens is 445 g/mol. The molecule has 2 heterocycles. The van der Waals surface area contributed by atoms with Gasteiger partial charge in [-0.05, 0) is 12.1 Å². The van der Waals surface area contributed by atoms with Crippen molar-refractivity contribution in [3.05, 3.63) is 63.1 Å². The lowest BCUT2D eigenvalue weighted by atomic mass is 10.4. The van der Waals surface area contributed by atoms with Gasteiger partial charge in [-0.2, -0.15) is 23.5 Å². The molecule has 0 spiro atoms. The van der Waals surface area contributed by atoms with Gasteiger partial charge in [0.2, 0.25) is 0 Å². The number of pyridine rings is 1. The molecule has 13 heteroatoms. The molecule has 0 aromatic carbocycles. The van der Waals surface area contributed by atoms with Gasteiger partial charge >= 0.3 is 0 Å². The van der Waals surface area contributed by atoms with E-state index in [0.29, 0.717) is 35.4 Å². The van der Waals surface area contributed by atoms with E-state index in [2.05, 4.69) is 25.8 Å². The lowest BCUT2D eigenvalue weighted by Gasteiger charge is -2.11. The first kappa shape index (κ1) is 22.6. The maximum Gasteiger partial charge on any atom is 0.274 e. The Labute approximate surface area is 180 Å². The molecule has 2 aromatic heterocycles. The van der Waals surface area contributed by atoms with Crippen molar-refractivity contribution in [2.24, 2.45) is 0 Å². The fraction of sp³-hybridized carbons (Fsp3) is 0.400. The third-order valence-electron chi connectivity index (χ3n) is 3.19. The van der Waals surface area contributed by atoms with E-state index in [1.807, 2.05) is 0 Å². The van der Waals surface area contributed by atoms with Crippen LogP contribution in [0.4, 0.5) is 0 Å². The van der Waals surface area contributed by atoms with Crippen LogP contribution in [0.3, 0.4) is 0 Å². The third-order valence-corrected chi connectivity index (χ3v) is 5.66. The molecule has 0 radical (unpaired) electrons. The van der Waals surface area contributed by atoms with Crippen molar-refractivity contribution in [1.29, 1.82) is 0 Å². The summed E-state index contributed by atoms with van der Waals surface area (Å²) in [5.74, 6) is 3.24. The van der Waals surface area contributed by atoms with Crippen molar-refractivity contribution in [1.82, 2.24) is 30.1 Å². The predicted octanol–water partition coefficient (Wildman–Crippen LogP) is 2.75. The molecule has 0 unspecified atom stereocenters. The Morgan fingerprint density at radius 3 is 2.61 bits per heavy atom. The summed E-state index contributed by atoms with van der Waals surface area (Å²) in [5, 5.41) is 25.3. The first-order valence-corrected chi connectivity index (χ1v) is 11.2. The zero-order valence-corrected chi connectivity index (χ0v) is 17.9. The number of rotatable bonds is 13. The molecule has 0 saturated carbocycles. The summed E-state index contributed by atoms with van der Waals surface area (Å²) in [5.41, 5.74) is 1.61. The van der Waals surface area contributed by atoms with E-state index in [0.717, 1.165) is 33.4 Å². The molecule has 0 bridgehead atoms. The zero-order valence-electron chi connectivity index (χ0n) is 14.8. The standard InChI is InChI=1S/C15H19Cl2N7O2S2/c16-13-2-1-3-18-14(13)11-28-7-5-20-15(9-23(25)26)19-4-6-27-10-12-8-21-24(17)22-12/h1-3,8-9,19-20H,4-7,10-11H2/b15-9+. The molecule has 0 aliphatic heterocycles. The largest absolute Gasteiger partial charge is 0.366 e. The molecule has 0 aliphatic rings. The van der Waals surface area contributed by atoms with Crippen LogP contribution in [0.15, 0.2) is 36.5 Å². The Kier molecular flexibility index (Phi) is 10.3. The Morgan fingerprint density at radius 1 is 1.29 bits per heavy atom. The highest BCUT2D eigenvalue weighted by Crippen LogP contribution is 2.18. The second-order valence-corrected chi connectivity index (χ2v) is 8.22. The molecule has 152 valence electrons. The zero-order chi connectivity index (χ0) is 20.2. The van der Waals surface area contributed by atoms with Gasteiger partial charge in [-0.3, -0.25) is 15.1 Å². The van der Waals surface area contributed by atoms with Gasteiger partial charge in [-0.25, -0.2) is 0 Å². The van der Waals surface area contributed by atoms with Crippen LogP contribution in [0.1, 0.15) is 11.4 Å². The topological polar surface area (TPSA) is 111 Å². The summed E-state index contributed by atoms with van der Waals surface area (Å²) >= 11 is 14.9. The average molecular weight is 464 g/mol. The Balaban J connectivity index is 1.62. The molecular formula is C15H19Cl2N7O2S2. The lowest BCUT2D eigenvalue weighted by molar-refractivity contribution is -0.404. The number of thioether (sulfide) groups is 2. The molecule has 2 aromatic rings. The molecule has 9 nitrogen and oxygen atoms in total. The van der Waals surface area contributed by atoms with Crippen LogP contribution in [-0.4, -0.2) is 49.0 Å². The highest BCUT2D eigenvalue weighted by atomic mass is 35.5. The number of hydrogen-bond acceptors (Lipinski definition) is 9. The van der Waals surface area contributed by atoms with Gasteiger partial charge in [-0.1, -0.05) is 15.9 Å². The molecule has 0 fully saturated rings. The summed E-state index contributed by atoms with van der Waals surface area (Å²) in [7, 11) is 0. The van der Waals surface area contributed by atoms with E-state index in [9.17, 15) is 10.1 Å². The van der Waals surface area contributed by atoms with Gasteiger partial charge in [0.05, 0.1) is 39.3 Å². The van der Waals surface area contributed by atoms with Crippen LogP contribution in [-0.2, 0) is 11.5 Å². The monoisotopic (exact) mass is 463 g/mol. The first-order valence-electron chi connectivity index (χ1n) is 8.20. The molecule has 0 amide bonds. The van der Waals surface area contributed by atoms with Gasteiger partial charge in [0.25, 0.3) is 6.20 Å². The molecule has 0 atom stereocenters. The fourth-order valence-electron chi connectivity index (χ4n) is 1.98. The first-order chi connectivity index (χ1) is 13.5. The van der Waals surface area contributed by atoms with Crippen molar-refractivity contribution in [3.8, 4) is 0 Å². The van der Waals surface area contributed by atoms with Crippen molar-refractivity contribution in [2.45, 2.75) is 11.5 Å². The summed E-state index contributed by atoms with van der Waals surface area (Å²) in [6.07, 6.45) is 4.24. The van der Waals surface area contributed by atoms with Gasteiger partial charge in [0, 0.05) is 42.3 Å². The van der Waals surface area contributed by atoms with Crippen molar-refractivity contribution < 1.29 is 4.92 Å². The minimum absolute atomic E-state index is 0.383. The minimum atomic E-state index is -0.484. The van der Waals surface area contributed by atoms with Crippen molar-refractivity contribution in [2.75, 3.05) is 24.6 Å². The SMILES string of the molecule is O=[N+]([O-])/C=C(\NCCSCc1cnn(Cl)n1)NCCSCc1ncccc1Cl. The Bertz CT molecular complexity index is 791. The maximum absolute atomic E-state index is 10.8. The summed E-state index contributed by atoms with van der Waals surface area (Å²) in [6, 6.07) is 3.60. The third kappa shape index (κ3) is 9.00. The number of aromatic nitrogens is 4. The second kappa shape index (κ2) is 12.7. The van der Waals surface area contributed by atoms with Crippen LogP contribution < -0.4 is 10.6 Å². The number of nitrogens with zero attached hydrogens (tertiary/aromatic N) is 5. The van der Waals surface area contributed by atoms with E-state index < -0.39 is 4.92 Å². The number of nitro groups is 1. The predicted molar refractivity (Wildman–Crippen MR) is 114 cm³/mol. The summed E-state index contributed by atoms with van der Waals surface area (Å²) in [4.78, 5) is 14.5. The van der Waals surface area contributed by atoms with E-state index >= 15 is 0 Å². The Hall–Kier alpha value is -1.69. The van der Waals surface area contributed by atoms with Crippen LogP contribution in [0.2, 0.25) is 5.02 Å².